The number of nitrogens with zero attached hydrogens (tertiary/aromatic N) is 2. The van der Waals surface area contributed by atoms with Gasteiger partial charge in [-0.25, -0.2) is 4.98 Å². The number of nitrogens with one attached hydrogen (secondary N) is 2. The lowest BCUT2D eigenvalue weighted by Gasteiger charge is -1.95. The maximum Gasteiger partial charge on any atom is 0.278 e. The normalized spacial score (nSPS) is 10.9. The van der Waals surface area contributed by atoms with E-state index < -0.39 is 0 Å². The fourth-order valence-corrected chi connectivity index (χ4v) is 1.79. The van der Waals surface area contributed by atoms with Crippen LogP contribution in [0.15, 0.2) is 29.1 Å². The number of benzene rings is 1. The van der Waals surface area contributed by atoms with Crippen LogP contribution in [0.1, 0.15) is 0 Å². The third-order valence-corrected chi connectivity index (χ3v) is 2.75. The van der Waals surface area contributed by atoms with Crippen LogP contribution in [0.4, 0.5) is 5.95 Å². The van der Waals surface area contributed by atoms with Gasteiger partial charge in [0, 0.05) is 10.6 Å². The second kappa shape index (κ2) is 3.85. The van der Waals surface area contributed by atoms with Crippen LogP contribution in [0.2, 0.25) is 5.02 Å². The fraction of sp³-hybridized carbons (Fsp3) is 0. The Hall–Kier alpha value is -2.34. The first-order valence-corrected chi connectivity index (χ1v) is 5.53. The summed E-state index contributed by atoms with van der Waals surface area (Å²) >= 11 is 5.81. The smallest absolute Gasteiger partial charge is 0.278 e. The van der Waals surface area contributed by atoms with E-state index >= 15 is 0 Å². The average Bonchev–Trinajstić information content (AvgIpc) is 2.74. The molecule has 0 saturated heterocycles. The van der Waals surface area contributed by atoms with Crippen molar-refractivity contribution in [3.05, 3.63) is 39.6 Å². The molecule has 6 nitrogen and oxygen atoms in total. The number of nitrogens with two attached hydrogens (primary N) is 1. The van der Waals surface area contributed by atoms with E-state index in [4.69, 9.17) is 17.3 Å². The van der Waals surface area contributed by atoms with Gasteiger partial charge in [0.25, 0.3) is 5.56 Å². The molecule has 4 N–H and O–H groups in total. The first-order chi connectivity index (χ1) is 8.63. The number of rotatable bonds is 1. The molecule has 7 heteroatoms. The Morgan fingerprint density at radius 1 is 1.11 bits per heavy atom. The van der Waals surface area contributed by atoms with E-state index in [1.54, 1.807) is 24.3 Å². The zero-order chi connectivity index (χ0) is 12.7. The highest BCUT2D eigenvalue weighted by Gasteiger charge is 2.09. The molecule has 0 aliphatic rings. The summed E-state index contributed by atoms with van der Waals surface area (Å²) in [5.41, 5.74) is 6.52. The SMILES string of the molecule is Nc1nc2nc(-c3ccc(Cl)cc3)[nH]c2c(=O)[nH]1. The quantitative estimate of drug-likeness (QED) is 0.619. The van der Waals surface area contributed by atoms with E-state index in [9.17, 15) is 4.79 Å². The van der Waals surface area contributed by atoms with Gasteiger partial charge in [-0.2, -0.15) is 4.98 Å². The molecule has 3 rings (SSSR count). The fourth-order valence-electron chi connectivity index (χ4n) is 1.67. The van der Waals surface area contributed by atoms with E-state index in [-0.39, 0.29) is 11.5 Å². The summed E-state index contributed by atoms with van der Waals surface area (Å²) in [5, 5.41) is 0.634. The number of hydrogen-bond donors (Lipinski definition) is 3. The number of fused-ring (bicyclic) bond motifs is 1. The second-order valence-corrected chi connectivity index (χ2v) is 4.18. The molecule has 0 spiro atoms. The maximum atomic E-state index is 11.6. The Labute approximate surface area is 106 Å². The first kappa shape index (κ1) is 10.8. The third-order valence-electron chi connectivity index (χ3n) is 2.50. The summed E-state index contributed by atoms with van der Waals surface area (Å²) < 4.78 is 0. The van der Waals surface area contributed by atoms with Crippen molar-refractivity contribution < 1.29 is 0 Å². The highest BCUT2D eigenvalue weighted by atomic mass is 35.5. The second-order valence-electron chi connectivity index (χ2n) is 3.74. The maximum absolute atomic E-state index is 11.6. The molecule has 0 saturated carbocycles. The molecule has 18 heavy (non-hydrogen) atoms. The van der Waals surface area contributed by atoms with Gasteiger partial charge in [0.2, 0.25) is 5.95 Å². The standard InChI is InChI=1S/C11H8ClN5O/c12-6-3-1-5(2-4-6)8-14-7-9(15-8)16-11(13)17-10(7)18/h1-4H,(H4,13,14,15,16,17,18). The summed E-state index contributed by atoms with van der Waals surface area (Å²) in [7, 11) is 0. The monoisotopic (exact) mass is 261 g/mol. The summed E-state index contributed by atoms with van der Waals surface area (Å²) in [6, 6.07) is 7.10. The van der Waals surface area contributed by atoms with Crippen molar-refractivity contribution in [2.24, 2.45) is 0 Å². The molecule has 90 valence electrons. The molecule has 0 bridgehead atoms. The molecular weight excluding hydrogens is 254 g/mol. The van der Waals surface area contributed by atoms with E-state index in [0.717, 1.165) is 5.56 Å². The zero-order valence-electron chi connectivity index (χ0n) is 9.07. The van der Waals surface area contributed by atoms with E-state index in [1.165, 1.54) is 0 Å². The van der Waals surface area contributed by atoms with Gasteiger partial charge >= 0.3 is 0 Å². The number of imidazole rings is 1. The van der Waals surface area contributed by atoms with Gasteiger partial charge in [0.15, 0.2) is 11.2 Å². The highest BCUT2D eigenvalue weighted by molar-refractivity contribution is 6.30. The molecule has 0 aliphatic heterocycles. The van der Waals surface area contributed by atoms with E-state index in [1.807, 2.05) is 0 Å². The molecule has 1 aromatic carbocycles. The topological polar surface area (TPSA) is 100 Å². The third kappa shape index (κ3) is 1.72. The number of nitrogen functional groups attached to an aromatic ring is 1. The van der Waals surface area contributed by atoms with Crippen LogP contribution in [0.5, 0.6) is 0 Å². The lowest BCUT2D eigenvalue weighted by atomic mass is 10.2. The van der Waals surface area contributed by atoms with Crippen LogP contribution < -0.4 is 11.3 Å². The molecule has 0 unspecified atom stereocenters. The first-order valence-electron chi connectivity index (χ1n) is 5.15. The Bertz CT molecular complexity index is 774. The largest absolute Gasteiger partial charge is 0.369 e. The number of hydrogen-bond acceptors (Lipinski definition) is 4. The Kier molecular flexibility index (Phi) is 2.31. The van der Waals surface area contributed by atoms with Crippen LogP contribution in [-0.4, -0.2) is 19.9 Å². The van der Waals surface area contributed by atoms with Gasteiger partial charge in [-0.3, -0.25) is 9.78 Å². The minimum Gasteiger partial charge on any atom is -0.369 e. The van der Waals surface area contributed by atoms with Crippen LogP contribution >= 0.6 is 11.6 Å². The number of anilines is 1. The molecule has 0 atom stereocenters. The summed E-state index contributed by atoms with van der Waals surface area (Å²) in [5.74, 6) is 0.590. The minimum atomic E-state index is -0.342. The van der Waals surface area contributed by atoms with Crippen molar-refractivity contribution in [3.8, 4) is 11.4 Å². The highest BCUT2D eigenvalue weighted by Crippen LogP contribution is 2.20. The van der Waals surface area contributed by atoms with E-state index in [0.29, 0.717) is 22.0 Å². The van der Waals surface area contributed by atoms with Gasteiger partial charge in [0.1, 0.15) is 5.82 Å². The van der Waals surface area contributed by atoms with Gasteiger partial charge < -0.3 is 10.7 Å². The molecular formula is C11H8ClN5O. The van der Waals surface area contributed by atoms with Crippen molar-refractivity contribution in [2.45, 2.75) is 0 Å². The number of halogens is 1. The van der Waals surface area contributed by atoms with Gasteiger partial charge in [0.05, 0.1) is 0 Å². The van der Waals surface area contributed by atoms with Crippen LogP contribution in [-0.2, 0) is 0 Å². The Morgan fingerprint density at radius 2 is 1.83 bits per heavy atom. The van der Waals surface area contributed by atoms with Gasteiger partial charge in [-0.1, -0.05) is 11.6 Å². The van der Waals surface area contributed by atoms with Gasteiger partial charge in [-0.05, 0) is 24.3 Å². The zero-order valence-corrected chi connectivity index (χ0v) is 9.82. The van der Waals surface area contributed by atoms with Crippen molar-refractivity contribution >= 4 is 28.7 Å². The van der Waals surface area contributed by atoms with E-state index in [2.05, 4.69) is 19.9 Å². The van der Waals surface area contributed by atoms with Crippen molar-refractivity contribution in [3.63, 3.8) is 0 Å². The molecule has 0 radical (unpaired) electrons. The van der Waals surface area contributed by atoms with Crippen molar-refractivity contribution in [1.29, 1.82) is 0 Å². The van der Waals surface area contributed by atoms with Crippen molar-refractivity contribution in [2.75, 3.05) is 5.73 Å². The summed E-state index contributed by atoms with van der Waals surface area (Å²) in [6.07, 6.45) is 0. The molecule has 0 fully saturated rings. The van der Waals surface area contributed by atoms with Crippen molar-refractivity contribution in [1.82, 2.24) is 19.9 Å². The average molecular weight is 262 g/mol. The molecule has 0 amide bonds. The van der Waals surface area contributed by atoms with Crippen LogP contribution in [0.3, 0.4) is 0 Å². The Morgan fingerprint density at radius 3 is 2.56 bits per heavy atom. The lowest BCUT2D eigenvalue weighted by molar-refractivity contribution is 1.17. The molecule has 2 aromatic heterocycles. The number of H-pyrrole nitrogens is 2. The number of aromatic nitrogens is 4. The predicted molar refractivity (Wildman–Crippen MR) is 69.4 cm³/mol. The van der Waals surface area contributed by atoms with Crippen LogP contribution in [0, 0.1) is 0 Å². The van der Waals surface area contributed by atoms with Crippen LogP contribution in [0.25, 0.3) is 22.6 Å². The summed E-state index contributed by atoms with van der Waals surface area (Å²) in [4.78, 5) is 25.1. The molecule has 2 heterocycles. The summed E-state index contributed by atoms with van der Waals surface area (Å²) in [6.45, 7) is 0. The number of aromatic amines is 2. The minimum absolute atomic E-state index is 0.0432. The van der Waals surface area contributed by atoms with Gasteiger partial charge in [-0.15, -0.1) is 0 Å². The predicted octanol–water partition coefficient (Wildman–Crippen LogP) is 1.55. The lowest BCUT2D eigenvalue weighted by Crippen LogP contribution is -2.10. The molecule has 0 aliphatic carbocycles. The molecule has 3 aromatic rings. The Balaban J connectivity index is 2.22.